The predicted octanol–water partition coefficient (Wildman–Crippen LogP) is 3.70. The Labute approximate surface area is 128 Å². The van der Waals surface area contributed by atoms with Gasteiger partial charge < -0.3 is 4.90 Å². The van der Waals surface area contributed by atoms with Gasteiger partial charge in [-0.15, -0.1) is 0 Å². The molecule has 0 heterocycles. The van der Waals surface area contributed by atoms with Crippen LogP contribution in [0.2, 0.25) is 0 Å². The zero-order valence-corrected chi connectivity index (χ0v) is 13.3. The van der Waals surface area contributed by atoms with E-state index in [1.54, 1.807) is 0 Å². The van der Waals surface area contributed by atoms with Gasteiger partial charge in [-0.1, -0.05) is 28.1 Å². The van der Waals surface area contributed by atoms with Crippen molar-refractivity contribution in [1.29, 1.82) is 0 Å². The molecule has 1 aromatic rings. The molecule has 20 heavy (non-hydrogen) atoms. The van der Waals surface area contributed by atoms with Crippen LogP contribution in [0.5, 0.6) is 0 Å². The lowest BCUT2D eigenvalue weighted by molar-refractivity contribution is -0.132. The predicted molar refractivity (Wildman–Crippen MR) is 81.9 cm³/mol. The fourth-order valence-electron chi connectivity index (χ4n) is 4.85. The van der Waals surface area contributed by atoms with Crippen LogP contribution in [0.4, 0.5) is 0 Å². The third-order valence-corrected chi connectivity index (χ3v) is 6.26. The van der Waals surface area contributed by atoms with Gasteiger partial charge in [-0.3, -0.25) is 4.79 Å². The third-order valence-electron chi connectivity index (χ3n) is 5.73. The summed E-state index contributed by atoms with van der Waals surface area (Å²) < 4.78 is 1.09. The van der Waals surface area contributed by atoms with Crippen LogP contribution in [0.1, 0.15) is 24.8 Å². The minimum atomic E-state index is 0.363. The Kier molecular flexibility index (Phi) is 2.95. The Morgan fingerprint density at radius 2 is 1.80 bits per heavy atom. The van der Waals surface area contributed by atoms with E-state index in [2.05, 4.69) is 28.1 Å². The number of hydrogen-bond donors (Lipinski definition) is 0. The van der Waals surface area contributed by atoms with Gasteiger partial charge in [0.05, 0.1) is 0 Å². The lowest BCUT2D eigenvalue weighted by atomic mass is 10.0. The first-order valence-electron chi connectivity index (χ1n) is 7.64. The summed E-state index contributed by atoms with van der Waals surface area (Å²) in [7, 11) is 1.96. The quantitative estimate of drug-likeness (QED) is 0.825. The fraction of sp³-hybridized carbons (Fsp3) is 0.588. The number of halogens is 1. The van der Waals surface area contributed by atoms with Crippen LogP contribution in [0.25, 0.3) is 0 Å². The molecule has 106 valence electrons. The number of nitrogens with zero attached hydrogens (tertiary/aromatic N) is 1. The van der Waals surface area contributed by atoms with E-state index in [9.17, 15) is 4.79 Å². The maximum Gasteiger partial charge on any atom is 0.226 e. The maximum absolute atomic E-state index is 12.6. The summed E-state index contributed by atoms with van der Waals surface area (Å²) >= 11 is 3.45. The molecular formula is C17H20BrNO. The van der Waals surface area contributed by atoms with Crippen molar-refractivity contribution in [2.75, 3.05) is 7.05 Å². The highest BCUT2D eigenvalue weighted by atomic mass is 79.9. The minimum Gasteiger partial charge on any atom is -0.341 e. The molecule has 4 atom stereocenters. The van der Waals surface area contributed by atoms with E-state index in [1.807, 2.05) is 24.1 Å². The molecule has 1 amide bonds. The third kappa shape index (κ3) is 1.93. The number of benzene rings is 1. The molecule has 3 aliphatic carbocycles. The summed E-state index contributed by atoms with van der Waals surface area (Å²) in [6.45, 7) is 0.734. The lowest BCUT2D eigenvalue weighted by Gasteiger charge is -2.19. The van der Waals surface area contributed by atoms with Crippen molar-refractivity contribution < 1.29 is 4.79 Å². The smallest absolute Gasteiger partial charge is 0.226 e. The van der Waals surface area contributed by atoms with Crippen molar-refractivity contribution >= 4 is 21.8 Å². The van der Waals surface area contributed by atoms with E-state index in [-0.39, 0.29) is 0 Å². The van der Waals surface area contributed by atoms with Crippen LogP contribution in [0.15, 0.2) is 28.7 Å². The van der Waals surface area contributed by atoms with Crippen molar-refractivity contribution in [1.82, 2.24) is 4.90 Å². The van der Waals surface area contributed by atoms with Gasteiger partial charge in [0.15, 0.2) is 0 Å². The second kappa shape index (κ2) is 4.59. The molecule has 0 N–H and O–H groups in total. The number of carbonyl (C=O) groups is 1. The van der Waals surface area contributed by atoms with Crippen LogP contribution in [-0.2, 0) is 11.3 Å². The van der Waals surface area contributed by atoms with Gasteiger partial charge in [-0.05, 0) is 60.6 Å². The Hall–Kier alpha value is -0.830. The SMILES string of the molecule is CN(Cc1ccc(Br)cc1)C(=O)C1C2C3CCC(C3)C12. The van der Waals surface area contributed by atoms with Gasteiger partial charge in [0.25, 0.3) is 0 Å². The van der Waals surface area contributed by atoms with Crippen LogP contribution in [0.3, 0.4) is 0 Å². The molecule has 3 saturated carbocycles. The summed E-state index contributed by atoms with van der Waals surface area (Å²) in [4.78, 5) is 14.6. The zero-order chi connectivity index (χ0) is 13.9. The number of fused-ring (bicyclic) bond motifs is 5. The normalized spacial score (nSPS) is 36.8. The van der Waals surface area contributed by atoms with Crippen molar-refractivity contribution in [3.63, 3.8) is 0 Å². The molecule has 0 aromatic heterocycles. The average Bonchev–Trinajstić information content (AvgIpc) is 2.87. The number of carbonyl (C=O) groups excluding carboxylic acids is 1. The lowest BCUT2D eigenvalue weighted by Crippen LogP contribution is -2.29. The minimum absolute atomic E-state index is 0.363. The first-order valence-corrected chi connectivity index (χ1v) is 8.44. The molecule has 3 fully saturated rings. The summed E-state index contributed by atoms with van der Waals surface area (Å²) in [6.07, 6.45) is 4.17. The van der Waals surface area contributed by atoms with Gasteiger partial charge in [-0.2, -0.15) is 0 Å². The van der Waals surface area contributed by atoms with Gasteiger partial charge in [0, 0.05) is 24.0 Å². The average molecular weight is 334 g/mol. The highest BCUT2D eigenvalue weighted by Gasteiger charge is 2.67. The molecule has 2 bridgehead atoms. The zero-order valence-electron chi connectivity index (χ0n) is 11.8. The second-order valence-corrected chi connectivity index (χ2v) is 7.75. The molecule has 2 nitrogen and oxygen atoms in total. The van der Waals surface area contributed by atoms with Gasteiger partial charge in [-0.25, -0.2) is 0 Å². The van der Waals surface area contributed by atoms with E-state index >= 15 is 0 Å². The molecule has 0 spiro atoms. The van der Waals surface area contributed by atoms with Crippen molar-refractivity contribution in [3.8, 4) is 0 Å². The van der Waals surface area contributed by atoms with E-state index in [0.717, 1.165) is 34.7 Å². The molecule has 0 radical (unpaired) electrons. The Morgan fingerprint density at radius 1 is 1.20 bits per heavy atom. The molecule has 1 aromatic carbocycles. The number of hydrogen-bond acceptors (Lipinski definition) is 1. The molecule has 0 saturated heterocycles. The summed E-state index contributed by atoms with van der Waals surface area (Å²) in [5.74, 6) is 3.99. The summed E-state index contributed by atoms with van der Waals surface area (Å²) in [6, 6.07) is 8.26. The van der Waals surface area contributed by atoms with E-state index in [4.69, 9.17) is 0 Å². The van der Waals surface area contributed by atoms with Gasteiger partial charge >= 0.3 is 0 Å². The van der Waals surface area contributed by atoms with E-state index < -0.39 is 0 Å². The summed E-state index contributed by atoms with van der Waals surface area (Å²) in [5.41, 5.74) is 1.21. The standard InChI is InChI=1S/C17H20BrNO/c1-19(9-10-2-6-13(18)7-3-10)17(20)16-14-11-4-5-12(8-11)15(14)16/h2-3,6-7,11-12,14-16H,4-5,8-9H2,1H3. The fourth-order valence-corrected chi connectivity index (χ4v) is 5.12. The Morgan fingerprint density at radius 3 is 2.40 bits per heavy atom. The molecule has 3 aliphatic rings. The second-order valence-electron chi connectivity index (χ2n) is 6.83. The summed E-state index contributed by atoms with van der Waals surface area (Å²) in [5, 5.41) is 0. The monoisotopic (exact) mass is 333 g/mol. The highest BCUT2D eigenvalue weighted by molar-refractivity contribution is 9.10. The number of rotatable bonds is 3. The van der Waals surface area contributed by atoms with Crippen LogP contribution in [-0.4, -0.2) is 17.9 Å². The topological polar surface area (TPSA) is 20.3 Å². The largest absolute Gasteiger partial charge is 0.341 e. The molecular weight excluding hydrogens is 314 g/mol. The molecule has 0 aliphatic heterocycles. The van der Waals surface area contributed by atoms with Crippen LogP contribution >= 0.6 is 15.9 Å². The van der Waals surface area contributed by atoms with Crippen molar-refractivity contribution in [3.05, 3.63) is 34.3 Å². The van der Waals surface area contributed by atoms with Gasteiger partial charge in [0.2, 0.25) is 5.91 Å². The van der Waals surface area contributed by atoms with E-state index in [1.165, 1.54) is 24.8 Å². The maximum atomic E-state index is 12.6. The Bertz CT molecular complexity index is 524. The van der Waals surface area contributed by atoms with Gasteiger partial charge in [0.1, 0.15) is 0 Å². The first kappa shape index (κ1) is 12.9. The molecule has 4 rings (SSSR count). The first-order chi connectivity index (χ1) is 9.65. The number of amides is 1. The van der Waals surface area contributed by atoms with Crippen molar-refractivity contribution in [2.24, 2.45) is 29.6 Å². The van der Waals surface area contributed by atoms with Crippen LogP contribution < -0.4 is 0 Å². The molecule has 3 heteroatoms. The Balaban J connectivity index is 1.41. The van der Waals surface area contributed by atoms with Crippen LogP contribution in [0, 0.1) is 29.6 Å². The van der Waals surface area contributed by atoms with Crippen molar-refractivity contribution in [2.45, 2.75) is 25.8 Å². The van der Waals surface area contributed by atoms with E-state index in [0.29, 0.717) is 11.8 Å². The molecule has 4 unspecified atom stereocenters. The highest BCUT2D eigenvalue weighted by Crippen LogP contribution is 2.69.